The first-order valence-electron chi connectivity index (χ1n) is 7.38. The molecule has 5 nitrogen and oxygen atoms in total. The molecule has 0 aliphatic carbocycles. The van der Waals surface area contributed by atoms with Crippen LogP contribution in [0.25, 0.3) is 0 Å². The Hall–Kier alpha value is -1.59. The molecule has 2 aliphatic rings. The molecule has 0 bridgehead atoms. The van der Waals surface area contributed by atoms with Crippen molar-refractivity contribution < 1.29 is 19.4 Å². The second kappa shape index (κ2) is 6.03. The Labute approximate surface area is 124 Å². The minimum absolute atomic E-state index is 0.136. The third-order valence-corrected chi connectivity index (χ3v) is 4.24. The third-order valence-electron chi connectivity index (χ3n) is 4.24. The first kappa shape index (κ1) is 14.4. The summed E-state index contributed by atoms with van der Waals surface area (Å²) in [5, 5.41) is 12.0. The summed E-state index contributed by atoms with van der Waals surface area (Å²) in [5.74, 6) is 0.838. The fourth-order valence-electron chi connectivity index (χ4n) is 2.97. The van der Waals surface area contributed by atoms with Crippen LogP contribution in [0.4, 0.5) is 0 Å². The van der Waals surface area contributed by atoms with Crippen molar-refractivity contribution in [1.29, 1.82) is 0 Å². The van der Waals surface area contributed by atoms with Gasteiger partial charge in [0.1, 0.15) is 11.9 Å². The van der Waals surface area contributed by atoms with Gasteiger partial charge in [-0.15, -0.1) is 0 Å². The van der Waals surface area contributed by atoms with Crippen LogP contribution in [0.2, 0.25) is 0 Å². The molecule has 1 spiro atoms. The van der Waals surface area contributed by atoms with Crippen molar-refractivity contribution in [2.75, 3.05) is 19.8 Å². The minimum atomic E-state index is -0.136. The molecule has 0 aromatic heterocycles. The third kappa shape index (κ3) is 3.19. The summed E-state index contributed by atoms with van der Waals surface area (Å²) >= 11 is 0. The predicted octanol–water partition coefficient (Wildman–Crippen LogP) is 2.60. The van der Waals surface area contributed by atoms with E-state index in [0.29, 0.717) is 12.3 Å². The first-order valence-corrected chi connectivity index (χ1v) is 7.38. The van der Waals surface area contributed by atoms with Crippen LogP contribution in [0.5, 0.6) is 5.75 Å². The summed E-state index contributed by atoms with van der Waals surface area (Å²) in [4.78, 5) is 0. The fraction of sp³-hybridized carbons (Fsp3) is 0.562. The van der Waals surface area contributed by atoms with Crippen LogP contribution in [0.3, 0.4) is 0 Å². The number of benzene rings is 1. The summed E-state index contributed by atoms with van der Waals surface area (Å²) < 4.78 is 17.5. The van der Waals surface area contributed by atoms with Crippen molar-refractivity contribution in [3.05, 3.63) is 29.8 Å². The topological polar surface area (TPSA) is 60.3 Å². The second-order valence-corrected chi connectivity index (χ2v) is 5.78. The van der Waals surface area contributed by atoms with Crippen LogP contribution in [0.1, 0.15) is 31.7 Å². The molecule has 0 amide bonds. The second-order valence-electron chi connectivity index (χ2n) is 5.78. The fourth-order valence-corrected chi connectivity index (χ4v) is 2.97. The van der Waals surface area contributed by atoms with Crippen LogP contribution in [-0.2, 0) is 9.47 Å². The lowest BCUT2D eigenvalue weighted by Gasteiger charge is -2.37. The molecule has 0 radical (unpaired) electrons. The van der Waals surface area contributed by atoms with Gasteiger partial charge < -0.3 is 19.4 Å². The van der Waals surface area contributed by atoms with Gasteiger partial charge in [-0.05, 0) is 36.8 Å². The highest BCUT2D eigenvalue weighted by Gasteiger charge is 2.41. The Morgan fingerprint density at radius 2 is 2.14 bits per heavy atom. The van der Waals surface area contributed by atoms with Crippen LogP contribution >= 0.6 is 0 Å². The standard InChI is InChI=1S/C16H21NO4/c1-12(17-18)13-2-4-14(5-3-13)21-15-6-8-20-16(10-15)7-9-19-11-16/h2-5,15,18H,6-11H2,1H3/b17-12-. The summed E-state index contributed by atoms with van der Waals surface area (Å²) in [6.45, 7) is 3.94. The zero-order valence-corrected chi connectivity index (χ0v) is 12.2. The molecule has 114 valence electrons. The molecule has 3 rings (SSSR count). The molecule has 2 aliphatic heterocycles. The summed E-state index contributed by atoms with van der Waals surface area (Å²) in [7, 11) is 0. The van der Waals surface area contributed by atoms with E-state index in [2.05, 4.69) is 5.16 Å². The predicted molar refractivity (Wildman–Crippen MR) is 78.2 cm³/mol. The lowest BCUT2D eigenvalue weighted by Crippen LogP contribution is -2.44. The van der Waals surface area contributed by atoms with E-state index in [1.54, 1.807) is 6.92 Å². The van der Waals surface area contributed by atoms with E-state index in [1.165, 1.54) is 0 Å². The van der Waals surface area contributed by atoms with Crippen molar-refractivity contribution in [3.63, 3.8) is 0 Å². The van der Waals surface area contributed by atoms with Gasteiger partial charge in [0.05, 0.1) is 24.5 Å². The molecule has 2 atom stereocenters. The van der Waals surface area contributed by atoms with Gasteiger partial charge in [0.2, 0.25) is 0 Å². The van der Waals surface area contributed by atoms with Crippen LogP contribution < -0.4 is 4.74 Å². The highest BCUT2D eigenvalue weighted by molar-refractivity contribution is 5.98. The molecule has 0 saturated carbocycles. The largest absolute Gasteiger partial charge is 0.490 e. The number of hydrogen-bond donors (Lipinski definition) is 1. The smallest absolute Gasteiger partial charge is 0.119 e. The van der Waals surface area contributed by atoms with Crippen LogP contribution in [-0.4, -0.2) is 42.4 Å². The zero-order chi connectivity index (χ0) is 14.7. The average molecular weight is 291 g/mol. The van der Waals surface area contributed by atoms with E-state index >= 15 is 0 Å². The van der Waals surface area contributed by atoms with Crippen LogP contribution in [0, 0.1) is 0 Å². The molecule has 1 aromatic rings. The number of ether oxygens (including phenoxy) is 3. The minimum Gasteiger partial charge on any atom is -0.490 e. The van der Waals surface area contributed by atoms with Gasteiger partial charge in [-0.3, -0.25) is 0 Å². The van der Waals surface area contributed by atoms with Crippen molar-refractivity contribution in [2.24, 2.45) is 5.16 Å². The van der Waals surface area contributed by atoms with E-state index in [9.17, 15) is 0 Å². The van der Waals surface area contributed by atoms with E-state index < -0.39 is 0 Å². The molecule has 21 heavy (non-hydrogen) atoms. The molecule has 5 heteroatoms. The quantitative estimate of drug-likeness (QED) is 0.528. The lowest BCUT2D eigenvalue weighted by atomic mass is 9.91. The Bertz CT molecular complexity index is 506. The van der Waals surface area contributed by atoms with Gasteiger partial charge in [-0.1, -0.05) is 5.16 Å². The highest BCUT2D eigenvalue weighted by Crippen LogP contribution is 2.34. The number of hydrogen-bond acceptors (Lipinski definition) is 5. The Morgan fingerprint density at radius 1 is 1.33 bits per heavy atom. The SMILES string of the molecule is C/C(=N/O)c1ccc(OC2CCOC3(CCOC3)C2)cc1. The monoisotopic (exact) mass is 291 g/mol. The molecular weight excluding hydrogens is 270 g/mol. The molecule has 1 N–H and O–H groups in total. The van der Waals surface area contributed by atoms with Gasteiger partial charge >= 0.3 is 0 Å². The van der Waals surface area contributed by atoms with Crippen molar-refractivity contribution in [2.45, 2.75) is 37.9 Å². The van der Waals surface area contributed by atoms with E-state index in [4.69, 9.17) is 19.4 Å². The molecule has 2 fully saturated rings. The molecule has 2 unspecified atom stereocenters. The molecule has 2 saturated heterocycles. The van der Waals surface area contributed by atoms with Gasteiger partial charge in [-0.2, -0.15) is 0 Å². The van der Waals surface area contributed by atoms with E-state index in [0.717, 1.165) is 43.8 Å². The van der Waals surface area contributed by atoms with Crippen molar-refractivity contribution in [1.82, 2.24) is 0 Å². The summed E-state index contributed by atoms with van der Waals surface area (Å²) in [5.41, 5.74) is 1.34. The maximum absolute atomic E-state index is 8.77. The maximum Gasteiger partial charge on any atom is 0.119 e. The molecular formula is C16H21NO4. The van der Waals surface area contributed by atoms with Crippen molar-refractivity contribution >= 4 is 5.71 Å². The normalized spacial score (nSPS) is 29.8. The van der Waals surface area contributed by atoms with E-state index in [1.807, 2.05) is 24.3 Å². The summed E-state index contributed by atoms with van der Waals surface area (Å²) in [6, 6.07) is 7.63. The van der Waals surface area contributed by atoms with Crippen molar-refractivity contribution in [3.8, 4) is 5.75 Å². The van der Waals surface area contributed by atoms with E-state index in [-0.39, 0.29) is 11.7 Å². The van der Waals surface area contributed by atoms with Gasteiger partial charge in [0, 0.05) is 25.9 Å². The van der Waals surface area contributed by atoms with Gasteiger partial charge in [0.25, 0.3) is 0 Å². The van der Waals surface area contributed by atoms with Crippen LogP contribution in [0.15, 0.2) is 29.4 Å². The van der Waals surface area contributed by atoms with Gasteiger partial charge in [-0.25, -0.2) is 0 Å². The maximum atomic E-state index is 8.77. The summed E-state index contributed by atoms with van der Waals surface area (Å²) in [6.07, 6.45) is 2.91. The first-order chi connectivity index (χ1) is 10.2. The highest BCUT2D eigenvalue weighted by atomic mass is 16.6. The average Bonchev–Trinajstić information content (AvgIpc) is 2.95. The zero-order valence-electron chi connectivity index (χ0n) is 12.2. The lowest BCUT2D eigenvalue weighted by molar-refractivity contribution is -0.112. The Kier molecular flexibility index (Phi) is 4.12. The number of oxime groups is 1. The van der Waals surface area contributed by atoms with Gasteiger partial charge in [0.15, 0.2) is 0 Å². The molecule has 1 aromatic carbocycles. The Balaban J connectivity index is 1.63. The Morgan fingerprint density at radius 3 is 2.81 bits per heavy atom. The number of nitrogens with zero attached hydrogens (tertiary/aromatic N) is 1. The molecule has 2 heterocycles. The number of rotatable bonds is 3.